The summed E-state index contributed by atoms with van der Waals surface area (Å²) in [6.07, 6.45) is 30.6. The first-order valence-corrected chi connectivity index (χ1v) is 56.1. The maximum Gasteiger partial charge on any atom is 0.309 e. The van der Waals surface area contributed by atoms with E-state index in [1.165, 1.54) is 127 Å². The zero-order valence-electron chi connectivity index (χ0n) is 91.0. The predicted octanol–water partition coefficient (Wildman–Crippen LogP) is 8.01. The van der Waals surface area contributed by atoms with Crippen LogP contribution in [0.25, 0.3) is 0 Å². The lowest BCUT2D eigenvalue weighted by Gasteiger charge is -2.22. The van der Waals surface area contributed by atoms with Gasteiger partial charge in [-0.05, 0) is 12.8 Å². The van der Waals surface area contributed by atoms with Gasteiger partial charge in [0.25, 0.3) is 0 Å². The summed E-state index contributed by atoms with van der Waals surface area (Å²) in [5.74, 6) is -3.03. The van der Waals surface area contributed by atoms with Crippen LogP contribution in [0.15, 0.2) is 0 Å². The van der Waals surface area contributed by atoms with Crippen molar-refractivity contribution in [3.05, 3.63) is 0 Å². The Kier molecular flexibility index (Phi) is 119. The van der Waals surface area contributed by atoms with E-state index in [4.69, 9.17) is 154 Å². The van der Waals surface area contributed by atoms with Crippen LogP contribution in [0, 0.1) is 11.8 Å². The molecule has 0 aromatic carbocycles. The third-order valence-electron chi connectivity index (χ3n) is 21.8. The van der Waals surface area contributed by atoms with Crippen molar-refractivity contribution in [1.82, 2.24) is 16.0 Å². The average Bonchev–Trinajstić information content (AvgIpc) is 0.903. The van der Waals surface area contributed by atoms with Gasteiger partial charge in [0, 0.05) is 24.5 Å². The summed E-state index contributed by atoms with van der Waals surface area (Å²) in [6, 6.07) is -2.28. The summed E-state index contributed by atoms with van der Waals surface area (Å²) in [5.41, 5.74) is 11.3. The van der Waals surface area contributed by atoms with Crippen molar-refractivity contribution in [3.8, 4) is 0 Å². The second-order valence-electron chi connectivity index (χ2n) is 34.7. The first-order valence-electron chi connectivity index (χ1n) is 55.0. The van der Waals surface area contributed by atoms with Crippen LogP contribution < -0.4 is 27.4 Å². The van der Waals surface area contributed by atoms with Crippen LogP contribution in [0.3, 0.4) is 0 Å². The van der Waals surface area contributed by atoms with Crippen LogP contribution in [0.2, 0.25) is 0 Å². The fourth-order valence-electron chi connectivity index (χ4n) is 13.3. The molecule has 0 radical (unpaired) electrons. The number of unbranched alkanes of at least 4 members (excludes halogenated alkanes) is 22. The highest BCUT2D eigenvalue weighted by molar-refractivity contribution is 7.99. The van der Waals surface area contributed by atoms with Crippen LogP contribution in [-0.4, -0.2) is 467 Å². The topological polar surface area (TPSA) is 488 Å². The normalized spacial score (nSPS) is 12.7. The predicted molar refractivity (Wildman–Crippen MR) is 558 cm³/mol. The molecular weight excluding hydrogens is 1940 g/mol. The molecule has 0 saturated carbocycles. The fourth-order valence-corrected chi connectivity index (χ4v) is 14.2. The monoisotopic (exact) mass is 2150 g/mol. The summed E-state index contributed by atoms with van der Waals surface area (Å²) in [5, 5.41) is 17.6. The molecule has 0 spiro atoms. The summed E-state index contributed by atoms with van der Waals surface area (Å²) in [7, 11) is 0. The van der Waals surface area contributed by atoms with Gasteiger partial charge in [0.15, 0.2) is 0 Å². The van der Waals surface area contributed by atoms with Gasteiger partial charge in [0.1, 0.15) is 18.8 Å². The molecule has 0 rings (SSSR count). The molecule has 0 aromatic heterocycles. The molecule has 0 unspecified atom stereocenters. The largest absolute Gasteiger partial charge is 0.461 e. The van der Waals surface area contributed by atoms with Crippen molar-refractivity contribution in [3.63, 3.8) is 0 Å². The van der Waals surface area contributed by atoms with E-state index >= 15 is 0 Å². The van der Waals surface area contributed by atoms with Gasteiger partial charge in [-0.3, -0.25) is 28.8 Å². The number of rotatable bonds is 128. The number of carbonyl (C=O) groups excluding carboxylic acids is 6. The summed E-state index contributed by atoms with van der Waals surface area (Å²) in [4.78, 5) is 74.8. The van der Waals surface area contributed by atoms with E-state index in [0.717, 1.165) is 44.9 Å². The quantitative estimate of drug-likeness (QED) is 0.0248. The molecule has 0 aliphatic heterocycles. The van der Waals surface area contributed by atoms with Crippen molar-refractivity contribution < 1.29 is 176 Å². The van der Waals surface area contributed by atoms with E-state index in [-0.39, 0.29) is 87.1 Å². The number of thioether (sulfide) groups is 1. The minimum atomic E-state index is -1.23. The number of hydrogen-bond donors (Lipinski definition) is 6. The van der Waals surface area contributed by atoms with Gasteiger partial charge < -0.3 is 175 Å². The number of carbonyl (C=O) groups is 6. The number of amides is 4. The summed E-state index contributed by atoms with van der Waals surface area (Å²) >= 11 is 1.28. The van der Waals surface area contributed by atoms with Crippen molar-refractivity contribution >= 4 is 47.3 Å². The Bertz CT molecular complexity index is 2720. The highest BCUT2D eigenvalue weighted by atomic mass is 32.2. The molecule has 0 saturated heterocycles. The van der Waals surface area contributed by atoms with E-state index in [1.807, 2.05) is 13.8 Å². The standard InChI is InChI=1S/C104H203N5O37S/c1-5-7-9-11-13-15-17-19-21-23-25-27-29-94(3)103(115)145-91-96(146-104(116)95(4)30-28-26-24-22-20-18-16-14-12-10-8-6-2)92-147-93-97(105)101(113)109-98(90-110)102(114)107-32-34-118-36-38-120-40-42-122-44-46-124-48-50-126-52-54-128-56-58-130-60-62-132-64-66-134-68-70-136-72-74-138-76-78-140-80-82-142-84-86-144-88-87-143-85-83-141-81-79-139-77-75-137-73-71-135-69-67-133-65-63-131-61-59-129-57-55-127-53-51-125-49-47-123-45-43-121-41-39-119-37-35-117-33-31-100(112)108-89-99(106)111/h94-98,110H,5-93,105H2,1-4H3,(H2,106,111)(H,107,114)(H,108,112)(H,109,113)/t94-,95-,96-,97+,98+/m1/s1. The average molecular weight is 2150 g/mol. The second kappa shape index (κ2) is 122. The van der Waals surface area contributed by atoms with E-state index in [9.17, 15) is 33.9 Å². The van der Waals surface area contributed by atoms with Gasteiger partial charge in [0.2, 0.25) is 23.6 Å². The molecule has 42 nitrogen and oxygen atoms in total. The molecule has 0 fully saturated rings. The molecule has 5 atom stereocenters. The van der Waals surface area contributed by atoms with Gasteiger partial charge in [0.05, 0.1) is 401 Å². The number of esters is 2. The molecular formula is C104H203N5O37S. The molecule has 8 N–H and O–H groups in total. The number of nitrogens with two attached hydrogens (primary N) is 2. The van der Waals surface area contributed by atoms with Crippen molar-refractivity contribution in [2.24, 2.45) is 23.3 Å². The van der Waals surface area contributed by atoms with E-state index < -0.39 is 42.5 Å². The molecule has 43 heteroatoms. The van der Waals surface area contributed by atoms with Crippen LogP contribution in [0.4, 0.5) is 0 Å². The number of nitrogens with one attached hydrogen (secondary N) is 3. The minimum Gasteiger partial charge on any atom is -0.461 e. The Labute approximate surface area is 885 Å². The minimum absolute atomic E-state index is 0.103. The first kappa shape index (κ1) is 143. The number of aliphatic hydroxyl groups excluding tert-OH is 1. The first-order chi connectivity index (χ1) is 72.4. The fraction of sp³-hybridized carbons (Fsp3) is 0.942. The van der Waals surface area contributed by atoms with Crippen LogP contribution in [-0.2, 0) is 171 Å². The molecule has 872 valence electrons. The van der Waals surface area contributed by atoms with Gasteiger partial charge >= 0.3 is 11.9 Å². The van der Waals surface area contributed by atoms with E-state index in [1.54, 1.807) is 0 Å². The van der Waals surface area contributed by atoms with Gasteiger partial charge in [-0.25, -0.2) is 0 Å². The number of primary amides is 1. The lowest BCUT2D eigenvalue weighted by atomic mass is 10.0. The molecule has 4 amide bonds. The lowest BCUT2D eigenvalue weighted by Crippen LogP contribution is -2.54. The van der Waals surface area contributed by atoms with Gasteiger partial charge in [-0.15, -0.1) is 0 Å². The van der Waals surface area contributed by atoms with Gasteiger partial charge in [-0.2, -0.15) is 11.8 Å². The third kappa shape index (κ3) is 114. The summed E-state index contributed by atoms with van der Waals surface area (Å²) < 4.78 is 167. The maximum absolute atomic E-state index is 13.4. The zero-order valence-corrected chi connectivity index (χ0v) is 91.8. The third-order valence-corrected chi connectivity index (χ3v) is 23.0. The van der Waals surface area contributed by atoms with Crippen LogP contribution >= 0.6 is 11.8 Å². The number of hydrogen-bond acceptors (Lipinski definition) is 39. The van der Waals surface area contributed by atoms with Crippen LogP contribution in [0.1, 0.15) is 201 Å². The molecule has 0 bridgehead atoms. The Morgan fingerprint density at radius 2 is 0.490 bits per heavy atom. The molecule has 0 aliphatic rings. The number of ether oxygens (including phenoxy) is 30. The molecule has 0 heterocycles. The van der Waals surface area contributed by atoms with E-state index in [0.29, 0.717) is 357 Å². The second-order valence-corrected chi connectivity index (χ2v) is 35.7. The highest BCUT2D eigenvalue weighted by Crippen LogP contribution is 2.20. The molecule has 0 aromatic rings. The highest BCUT2D eigenvalue weighted by Gasteiger charge is 2.27. The Balaban J connectivity index is 3.59. The van der Waals surface area contributed by atoms with Gasteiger partial charge in [-0.1, -0.05) is 182 Å². The van der Waals surface area contributed by atoms with Crippen LogP contribution in [0.5, 0.6) is 0 Å². The number of aliphatic hydroxyl groups is 1. The maximum atomic E-state index is 13.4. The van der Waals surface area contributed by atoms with Crippen molar-refractivity contribution in [2.45, 2.75) is 219 Å². The lowest BCUT2D eigenvalue weighted by molar-refractivity contribution is -0.162. The summed E-state index contributed by atoms with van der Waals surface area (Å²) in [6.45, 7) is 31.7. The SMILES string of the molecule is CCCCCCCCCCCCCC[C@@H](C)C(=O)OC[C@H](CSC[C@H](N)C(=O)N[C@@H](CO)C(=O)NCCOCCOCCOCCOCCOCCOCCOCCOCCOCCOCCOCCOCCOCCOCCOCCOCCOCCOCCOCCOCCOCCOCCOCCOCCOCCOCCOCCOCCC(=O)NCC(N)=O)OC(=O)[C@H](C)CCCCCCCCCCCCCC. The zero-order chi connectivity index (χ0) is 106. The Hall–Kier alpha value is -4.03. The smallest absolute Gasteiger partial charge is 0.309 e. The Morgan fingerprint density at radius 3 is 0.721 bits per heavy atom. The molecule has 147 heavy (non-hydrogen) atoms. The van der Waals surface area contributed by atoms with E-state index in [2.05, 4.69) is 29.8 Å². The molecule has 0 aliphatic carbocycles. The van der Waals surface area contributed by atoms with Crippen molar-refractivity contribution in [2.75, 3.05) is 408 Å². The van der Waals surface area contributed by atoms with Crippen molar-refractivity contribution in [1.29, 1.82) is 0 Å². The Morgan fingerprint density at radius 1 is 0.272 bits per heavy atom.